The molecule has 0 aliphatic rings. The minimum Gasteiger partial charge on any atom is -0.316 e. The van der Waals surface area contributed by atoms with E-state index >= 15 is 0 Å². The van der Waals surface area contributed by atoms with Crippen LogP contribution >= 0.6 is 11.8 Å². The standard InChI is InChI=1S/C14H16N2S/c1-11-9-12(10-15-2)6-7-13(11)17-14-5-3-4-8-16-14/h3-9,15H,10H2,1-2H3. The van der Waals surface area contributed by atoms with Crippen LogP contribution in [0.3, 0.4) is 0 Å². The van der Waals surface area contributed by atoms with Crippen LogP contribution in [0.15, 0.2) is 52.5 Å². The van der Waals surface area contributed by atoms with Gasteiger partial charge in [0.1, 0.15) is 5.03 Å². The van der Waals surface area contributed by atoms with Gasteiger partial charge in [-0.1, -0.05) is 30.0 Å². The van der Waals surface area contributed by atoms with Crippen LogP contribution in [0.2, 0.25) is 0 Å². The highest BCUT2D eigenvalue weighted by molar-refractivity contribution is 7.99. The van der Waals surface area contributed by atoms with E-state index in [9.17, 15) is 0 Å². The predicted octanol–water partition coefficient (Wildman–Crippen LogP) is 3.26. The fourth-order valence-electron chi connectivity index (χ4n) is 1.66. The number of nitrogens with zero attached hydrogens (tertiary/aromatic N) is 1. The Morgan fingerprint density at radius 1 is 1.24 bits per heavy atom. The third-order valence-electron chi connectivity index (χ3n) is 2.47. The van der Waals surface area contributed by atoms with Gasteiger partial charge in [-0.3, -0.25) is 0 Å². The van der Waals surface area contributed by atoms with Gasteiger partial charge in [-0.15, -0.1) is 0 Å². The third kappa shape index (κ3) is 3.32. The molecule has 1 N–H and O–H groups in total. The van der Waals surface area contributed by atoms with E-state index < -0.39 is 0 Å². The van der Waals surface area contributed by atoms with Crippen molar-refractivity contribution in [1.29, 1.82) is 0 Å². The van der Waals surface area contributed by atoms with Crippen molar-refractivity contribution in [2.24, 2.45) is 0 Å². The van der Waals surface area contributed by atoms with Crippen LogP contribution in [0.1, 0.15) is 11.1 Å². The molecule has 2 aromatic rings. The van der Waals surface area contributed by atoms with Gasteiger partial charge in [0.05, 0.1) is 0 Å². The second-order valence-corrected chi connectivity index (χ2v) is 4.96. The molecule has 0 aliphatic heterocycles. The van der Waals surface area contributed by atoms with Crippen LogP contribution in [-0.2, 0) is 6.54 Å². The Bertz CT molecular complexity index is 483. The molecule has 0 amide bonds. The fourth-order valence-corrected chi connectivity index (χ4v) is 2.50. The molecule has 0 saturated heterocycles. The van der Waals surface area contributed by atoms with Crippen LogP contribution in [-0.4, -0.2) is 12.0 Å². The summed E-state index contributed by atoms with van der Waals surface area (Å²) < 4.78 is 0. The molecule has 17 heavy (non-hydrogen) atoms. The largest absolute Gasteiger partial charge is 0.316 e. The first-order valence-electron chi connectivity index (χ1n) is 5.62. The van der Waals surface area contributed by atoms with E-state index in [0.29, 0.717) is 0 Å². The summed E-state index contributed by atoms with van der Waals surface area (Å²) >= 11 is 1.71. The molecular weight excluding hydrogens is 228 g/mol. The average Bonchev–Trinajstić information content (AvgIpc) is 2.34. The van der Waals surface area contributed by atoms with E-state index in [1.807, 2.05) is 31.4 Å². The van der Waals surface area contributed by atoms with Crippen LogP contribution in [0.25, 0.3) is 0 Å². The first-order chi connectivity index (χ1) is 8.29. The summed E-state index contributed by atoms with van der Waals surface area (Å²) in [6, 6.07) is 12.5. The van der Waals surface area contributed by atoms with Crippen LogP contribution in [0, 0.1) is 6.92 Å². The number of pyridine rings is 1. The van der Waals surface area contributed by atoms with E-state index in [1.165, 1.54) is 16.0 Å². The molecule has 0 unspecified atom stereocenters. The minimum absolute atomic E-state index is 0.912. The smallest absolute Gasteiger partial charge is 0.101 e. The molecule has 1 heterocycles. The van der Waals surface area contributed by atoms with Crippen molar-refractivity contribution in [1.82, 2.24) is 10.3 Å². The summed E-state index contributed by atoms with van der Waals surface area (Å²) in [7, 11) is 1.96. The van der Waals surface area contributed by atoms with E-state index in [-0.39, 0.29) is 0 Å². The molecule has 0 bridgehead atoms. The second-order valence-electron chi connectivity index (χ2n) is 3.90. The quantitative estimate of drug-likeness (QED) is 0.893. The minimum atomic E-state index is 0.912. The molecule has 2 rings (SSSR count). The number of aromatic nitrogens is 1. The lowest BCUT2D eigenvalue weighted by atomic mass is 10.1. The summed E-state index contributed by atoms with van der Waals surface area (Å²) in [5.41, 5.74) is 2.61. The van der Waals surface area contributed by atoms with Crippen molar-refractivity contribution in [3.63, 3.8) is 0 Å². The summed E-state index contributed by atoms with van der Waals surface area (Å²) in [5.74, 6) is 0. The van der Waals surface area contributed by atoms with Crippen molar-refractivity contribution >= 4 is 11.8 Å². The normalized spacial score (nSPS) is 10.5. The lowest BCUT2D eigenvalue weighted by Gasteiger charge is -2.07. The molecule has 0 fully saturated rings. The SMILES string of the molecule is CNCc1ccc(Sc2ccccn2)c(C)c1. The van der Waals surface area contributed by atoms with Gasteiger partial charge in [-0.05, 0) is 43.3 Å². The zero-order valence-electron chi connectivity index (χ0n) is 10.1. The Balaban J connectivity index is 2.17. The topological polar surface area (TPSA) is 24.9 Å². The molecule has 1 aromatic carbocycles. The lowest BCUT2D eigenvalue weighted by molar-refractivity contribution is 0.815. The molecule has 1 aromatic heterocycles. The van der Waals surface area contributed by atoms with Crippen LogP contribution < -0.4 is 5.32 Å². The maximum absolute atomic E-state index is 4.32. The van der Waals surface area contributed by atoms with Gasteiger partial charge in [0, 0.05) is 17.6 Å². The highest BCUT2D eigenvalue weighted by Gasteiger charge is 2.02. The number of nitrogens with one attached hydrogen (secondary N) is 1. The zero-order valence-corrected chi connectivity index (χ0v) is 10.9. The van der Waals surface area contributed by atoms with E-state index in [4.69, 9.17) is 0 Å². The Morgan fingerprint density at radius 2 is 2.12 bits per heavy atom. The zero-order chi connectivity index (χ0) is 12.1. The van der Waals surface area contributed by atoms with Crippen LogP contribution in [0.5, 0.6) is 0 Å². The fraction of sp³-hybridized carbons (Fsp3) is 0.214. The average molecular weight is 244 g/mol. The lowest BCUT2D eigenvalue weighted by Crippen LogP contribution is -2.05. The molecule has 0 saturated carbocycles. The Labute approximate surface area is 106 Å². The number of rotatable bonds is 4. The Morgan fingerprint density at radius 3 is 2.76 bits per heavy atom. The van der Waals surface area contributed by atoms with Gasteiger partial charge in [0.25, 0.3) is 0 Å². The van der Waals surface area contributed by atoms with Gasteiger partial charge >= 0.3 is 0 Å². The van der Waals surface area contributed by atoms with Crippen molar-refractivity contribution in [2.45, 2.75) is 23.4 Å². The number of hydrogen-bond acceptors (Lipinski definition) is 3. The van der Waals surface area contributed by atoms with Crippen molar-refractivity contribution in [3.8, 4) is 0 Å². The van der Waals surface area contributed by atoms with Gasteiger partial charge in [-0.2, -0.15) is 0 Å². The first kappa shape index (κ1) is 12.1. The summed E-state index contributed by atoms with van der Waals surface area (Å²) in [5, 5.41) is 4.20. The van der Waals surface area contributed by atoms with Crippen molar-refractivity contribution < 1.29 is 0 Å². The van der Waals surface area contributed by atoms with Crippen molar-refractivity contribution in [3.05, 3.63) is 53.7 Å². The van der Waals surface area contributed by atoms with E-state index in [2.05, 4.69) is 35.4 Å². The molecule has 0 aliphatic carbocycles. The van der Waals surface area contributed by atoms with Gasteiger partial charge in [0.15, 0.2) is 0 Å². The molecule has 3 heteroatoms. The van der Waals surface area contributed by atoms with E-state index in [1.54, 1.807) is 11.8 Å². The molecule has 0 atom stereocenters. The molecule has 0 radical (unpaired) electrons. The Hall–Kier alpha value is -1.32. The highest BCUT2D eigenvalue weighted by Crippen LogP contribution is 2.28. The number of hydrogen-bond donors (Lipinski definition) is 1. The first-order valence-corrected chi connectivity index (χ1v) is 6.44. The third-order valence-corrected chi connectivity index (χ3v) is 3.60. The number of aryl methyl sites for hydroxylation is 1. The second kappa shape index (κ2) is 5.84. The molecule has 2 nitrogen and oxygen atoms in total. The summed E-state index contributed by atoms with van der Waals surface area (Å²) in [4.78, 5) is 5.59. The van der Waals surface area contributed by atoms with Gasteiger partial charge < -0.3 is 5.32 Å². The van der Waals surface area contributed by atoms with Crippen LogP contribution in [0.4, 0.5) is 0 Å². The summed E-state index contributed by atoms with van der Waals surface area (Å²) in [6.07, 6.45) is 1.83. The molecular formula is C14H16N2S. The number of benzene rings is 1. The maximum atomic E-state index is 4.32. The Kier molecular flexibility index (Phi) is 4.18. The van der Waals surface area contributed by atoms with E-state index in [0.717, 1.165) is 11.6 Å². The van der Waals surface area contributed by atoms with Gasteiger partial charge in [-0.25, -0.2) is 4.98 Å². The summed E-state index contributed by atoms with van der Waals surface area (Å²) in [6.45, 7) is 3.06. The predicted molar refractivity (Wildman–Crippen MR) is 72.3 cm³/mol. The molecule has 88 valence electrons. The van der Waals surface area contributed by atoms with Crippen molar-refractivity contribution in [2.75, 3.05) is 7.05 Å². The monoisotopic (exact) mass is 244 g/mol. The van der Waals surface area contributed by atoms with Gasteiger partial charge in [0.2, 0.25) is 0 Å². The molecule has 0 spiro atoms. The maximum Gasteiger partial charge on any atom is 0.101 e. The highest BCUT2D eigenvalue weighted by atomic mass is 32.2.